The minimum atomic E-state index is -0.273. The number of nitrogens with zero attached hydrogens (tertiary/aromatic N) is 3. The van der Waals surface area contributed by atoms with E-state index in [1.165, 1.54) is 12.1 Å². The van der Waals surface area contributed by atoms with E-state index in [2.05, 4.69) is 15.4 Å². The van der Waals surface area contributed by atoms with Crippen molar-refractivity contribution in [1.82, 2.24) is 14.8 Å². The van der Waals surface area contributed by atoms with Gasteiger partial charge in [0.15, 0.2) is 0 Å². The molecule has 1 aromatic carbocycles. The summed E-state index contributed by atoms with van der Waals surface area (Å²) in [6, 6.07) is 6.53. The van der Waals surface area contributed by atoms with E-state index in [0.717, 1.165) is 22.3 Å². The number of rotatable bonds is 3. The number of nitrogens with one attached hydrogen (secondary N) is 1. The molecule has 2 aromatic heterocycles. The van der Waals surface area contributed by atoms with E-state index in [-0.39, 0.29) is 5.82 Å². The topological polar surface area (TPSA) is 42.7 Å². The average molecular weight is 270 g/mol. The highest BCUT2D eigenvalue weighted by molar-refractivity contribution is 5.90. The van der Waals surface area contributed by atoms with Gasteiger partial charge in [-0.3, -0.25) is 9.67 Å². The highest BCUT2D eigenvalue weighted by atomic mass is 19.1. The first-order valence-corrected chi connectivity index (χ1v) is 6.41. The molecule has 0 aliphatic carbocycles. The summed E-state index contributed by atoms with van der Waals surface area (Å²) in [5, 5.41) is 8.49. The zero-order chi connectivity index (χ0) is 14.1. The number of fused-ring (bicyclic) bond motifs is 1. The number of hydrogen-bond donors (Lipinski definition) is 1. The fourth-order valence-electron chi connectivity index (χ4n) is 2.18. The van der Waals surface area contributed by atoms with Crippen LogP contribution in [-0.2, 0) is 13.6 Å². The Morgan fingerprint density at radius 1 is 1.30 bits per heavy atom. The average Bonchev–Trinajstić information content (AvgIpc) is 2.76. The first kappa shape index (κ1) is 12.6. The summed E-state index contributed by atoms with van der Waals surface area (Å²) in [7, 11) is 1.92. The summed E-state index contributed by atoms with van der Waals surface area (Å²) < 4.78 is 15.0. The second-order valence-corrected chi connectivity index (χ2v) is 4.75. The Balaban J connectivity index is 1.89. The Labute approximate surface area is 116 Å². The maximum Gasteiger partial charge on any atom is 0.125 e. The van der Waals surface area contributed by atoms with Crippen LogP contribution in [0.15, 0.2) is 36.7 Å². The van der Waals surface area contributed by atoms with Crippen molar-refractivity contribution in [3.63, 3.8) is 0 Å². The predicted octanol–water partition coefficient (Wildman–Crippen LogP) is 3.03. The van der Waals surface area contributed by atoms with Crippen LogP contribution in [0.1, 0.15) is 11.3 Å². The molecule has 0 spiro atoms. The van der Waals surface area contributed by atoms with Crippen LogP contribution < -0.4 is 5.32 Å². The van der Waals surface area contributed by atoms with E-state index in [4.69, 9.17) is 0 Å². The summed E-state index contributed by atoms with van der Waals surface area (Å²) in [6.07, 6.45) is 3.53. The van der Waals surface area contributed by atoms with Crippen molar-refractivity contribution in [2.75, 3.05) is 5.32 Å². The third-order valence-corrected chi connectivity index (χ3v) is 3.51. The molecule has 4 nitrogen and oxygen atoms in total. The Hall–Kier alpha value is -2.43. The summed E-state index contributed by atoms with van der Waals surface area (Å²) in [5.41, 5.74) is 3.86. The molecule has 0 fully saturated rings. The lowest BCUT2D eigenvalue weighted by atomic mass is 10.1. The smallest absolute Gasteiger partial charge is 0.125 e. The van der Waals surface area contributed by atoms with E-state index >= 15 is 0 Å². The van der Waals surface area contributed by atoms with Gasteiger partial charge in [-0.2, -0.15) is 5.10 Å². The van der Waals surface area contributed by atoms with Gasteiger partial charge >= 0.3 is 0 Å². The molecule has 3 rings (SSSR count). The highest BCUT2D eigenvalue weighted by Gasteiger charge is 2.06. The fraction of sp³-hybridized carbons (Fsp3) is 0.200. The third kappa shape index (κ3) is 2.22. The van der Waals surface area contributed by atoms with Crippen LogP contribution >= 0.6 is 0 Å². The molecule has 0 saturated heterocycles. The minimum Gasteiger partial charge on any atom is -0.380 e. The monoisotopic (exact) mass is 270 g/mol. The number of benzene rings is 1. The second kappa shape index (κ2) is 4.92. The molecule has 0 unspecified atom stereocenters. The van der Waals surface area contributed by atoms with Crippen LogP contribution in [0.2, 0.25) is 0 Å². The number of pyridine rings is 1. The summed E-state index contributed by atoms with van der Waals surface area (Å²) >= 11 is 0. The lowest BCUT2D eigenvalue weighted by molar-refractivity contribution is 0.629. The van der Waals surface area contributed by atoms with Gasteiger partial charge in [0.1, 0.15) is 5.82 Å². The van der Waals surface area contributed by atoms with Gasteiger partial charge in [0.25, 0.3) is 0 Å². The molecular formula is C15H15FN4. The van der Waals surface area contributed by atoms with Crippen molar-refractivity contribution in [1.29, 1.82) is 0 Å². The van der Waals surface area contributed by atoms with Gasteiger partial charge in [-0.25, -0.2) is 4.39 Å². The molecule has 102 valence electrons. The molecular weight excluding hydrogens is 255 g/mol. The van der Waals surface area contributed by atoms with Gasteiger partial charge in [0.05, 0.1) is 11.7 Å². The lowest BCUT2D eigenvalue weighted by Crippen LogP contribution is -2.02. The highest BCUT2D eigenvalue weighted by Crippen LogP contribution is 2.23. The fourth-order valence-corrected chi connectivity index (χ4v) is 2.18. The number of hydrogen-bond acceptors (Lipinski definition) is 3. The minimum absolute atomic E-state index is 0.273. The molecule has 20 heavy (non-hydrogen) atoms. The van der Waals surface area contributed by atoms with Gasteiger partial charge in [-0.1, -0.05) is 0 Å². The molecule has 3 aromatic rings. The number of aryl methyl sites for hydroxylation is 1. The maximum atomic E-state index is 13.2. The van der Waals surface area contributed by atoms with Crippen molar-refractivity contribution in [2.24, 2.45) is 7.05 Å². The molecule has 5 heteroatoms. The van der Waals surface area contributed by atoms with Crippen LogP contribution in [0.3, 0.4) is 0 Å². The Bertz CT molecular complexity index is 764. The normalized spacial score (nSPS) is 10.9. The molecule has 0 radical (unpaired) electrons. The lowest BCUT2D eigenvalue weighted by Gasteiger charge is -2.09. The standard InChI is InChI=1S/C15H15FN4/c1-10-11(9-19-20(10)2)8-18-14-5-6-17-15-7-12(16)3-4-13(14)15/h3-7,9H,8H2,1-2H3,(H,17,18). The van der Waals surface area contributed by atoms with Crippen molar-refractivity contribution >= 4 is 16.6 Å². The molecule has 2 heterocycles. The van der Waals surface area contributed by atoms with Gasteiger partial charge in [0, 0.05) is 48.2 Å². The Morgan fingerprint density at radius 2 is 2.15 bits per heavy atom. The van der Waals surface area contributed by atoms with E-state index in [1.807, 2.05) is 30.9 Å². The second-order valence-electron chi connectivity index (χ2n) is 4.75. The van der Waals surface area contributed by atoms with Gasteiger partial charge in [-0.15, -0.1) is 0 Å². The molecule has 1 N–H and O–H groups in total. The largest absolute Gasteiger partial charge is 0.380 e. The van der Waals surface area contributed by atoms with Gasteiger partial charge < -0.3 is 5.32 Å². The third-order valence-electron chi connectivity index (χ3n) is 3.51. The van der Waals surface area contributed by atoms with Gasteiger partial charge in [-0.05, 0) is 25.1 Å². The van der Waals surface area contributed by atoms with Gasteiger partial charge in [0.2, 0.25) is 0 Å². The number of halogens is 1. The van der Waals surface area contributed by atoms with E-state index in [0.29, 0.717) is 12.1 Å². The molecule has 0 amide bonds. The van der Waals surface area contributed by atoms with Crippen LogP contribution in [0.25, 0.3) is 10.9 Å². The van der Waals surface area contributed by atoms with Crippen molar-refractivity contribution in [2.45, 2.75) is 13.5 Å². The molecule has 0 bridgehead atoms. The SMILES string of the molecule is Cc1c(CNc2ccnc3cc(F)ccc23)cnn1C. The summed E-state index contributed by atoms with van der Waals surface area (Å²) in [6.45, 7) is 2.71. The Morgan fingerprint density at radius 3 is 2.90 bits per heavy atom. The first-order chi connectivity index (χ1) is 9.65. The quantitative estimate of drug-likeness (QED) is 0.795. The molecule has 0 aliphatic heterocycles. The van der Waals surface area contributed by atoms with Crippen LogP contribution in [0.5, 0.6) is 0 Å². The van der Waals surface area contributed by atoms with Crippen LogP contribution in [0, 0.1) is 12.7 Å². The van der Waals surface area contributed by atoms with E-state index in [1.54, 1.807) is 12.3 Å². The first-order valence-electron chi connectivity index (χ1n) is 6.41. The van der Waals surface area contributed by atoms with Crippen LogP contribution in [0.4, 0.5) is 10.1 Å². The number of anilines is 1. The zero-order valence-corrected chi connectivity index (χ0v) is 11.4. The number of aromatic nitrogens is 3. The maximum absolute atomic E-state index is 13.2. The molecule has 0 saturated carbocycles. The molecule has 0 atom stereocenters. The van der Waals surface area contributed by atoms with Crippen molar-refractivity contribution in [3.8, 4) is 0 Å². The summed E-state index contributed by atoms with van der Waals surface area (Å²) in [4.78, 5) is 4.18. The van der Waals surface area contributed by atoms with Crippen LogP contribution in [-0.4, -0.2) is 14.8 Å². The van der Waals surface area contributed by atoms with Crippen molar-refractivity contribution < 1.29 is 4.39 Å². The Kier molecular flexibility index (Phi) is 3.10. The van der Waals surface area contributed by atoms with E-state index in [9.17, 15) is 4.39 Å². The summed E-state index contributed by atoms with van der Waals surface area (Å²) in [5.74, 6) is -0.273. The zero-order valence-electron chi connectivity index (χ0n) is 11.4. The predicted molar refractivity (Wildman–Crippen MR) is 77.0 cm³/mol. The molecule has 0 aliphatic rings. The van der Waals surface area contributed by atoms with Crippen molar-refractivity contribution in [3.05, 3.63) is 53.7 Å². The van der Waals surface area contributed by atoms with E-state index < -0.39 is 0 Å².